The van der Waals surface area contributed by atoms with Gasteiger partial charge in [0.2, 0.25) is 5.91 Å². The van der Waals surface area contributed by atoms with Crippen LogP contribution < -0.4 is 10.6 Å². The molecule has 0 bridgehead atoms. The van der Waals surface area contributed by atoms with Crippen LogP contribution in [0.15, 0.2) is 6.20 Å². The van der Waals surface area contributed by atoms with Gasteiger partial charge in [0, 0.05) is 26.6 Å². The van der Waals surface area contributed by atoms with Crippen LogP contribution in [0, 0.1) is 0 Å². The minimum atomic E-state index is -0.0402. The summed E-state index contributed by atoms with van der Waals surface area (Å²) in [6, 6.07) is 0. The van der Waals surface area contributed by atoms with E-state index in [1.165, 1.54) is 6.92 Å². The maximum absolute atomic E-state index is 10.6. The predicted octanol–water partition coefficient (Wildman–Crippen LogP) is 0.259. The summed E-state index contributed by atoms with van der Waals surface area (Å²) >= 11 is 0. The lowest BCUT2D eigenvalue weighted by molar-refractivity contribution is -0.118. The highest BCUT2D eigenvalue weighted by Crippen LogP contribution is 2.11. The third kappa shape index (κ3) is 4.95. The maximum Gasteiger partial charge on any atom is 0.216 e. The normalized spacial score (nSPS) is 11.5. The largest absolute Gasteiger partial charge is 0.355 e. The van der Waals surface area contributed by atoms with E-state index in [0.717, 1.165) is 12.2 Å². The van der Waals surface area contributed by atoms with E-state index in [-0.39, 0.29) is 11.4 Å². The molecule has 0 spiro atoms. The molecule has 0 atom stereocenters. The molecule has 0 aliphatic heterocycles. The van der Waals surface area contributed by atoms with Crippen molar-refractivity contribution in [2.24, 2.45) is 0 Å². The first-order valence-corrected chi connectivity index (χ1v) is 5.76. The lowest BCUT2D eigenvalue weighted by atomic mass is 10.1. The molecule has 0 aliphatic carbocycles. The molecule has 1 aromatic rings. The SMILES string of the molecule is CC(=O)NCCNCc1cn(C(C)(C)C)nn1. The van der Waals surface area contributed by atoms with E-state index < -0.39 is 0 Å². The van der Waals surface area contributed by atoms with Crippen LogP contribution in [0.3, 0.4) is 0 Å². The quantitative estimate of drug-likeness (QED) is 0.723. The Hall–Kier alpha value is -1.43. The van der Waals surface area contributed by atoms with Crippen LogP contribution in [0.4, 0.5) is 0 Å². The van der Waals surface area contributed by atoms with Crippen LogP contribution in [-0.2, 0) is 16.9 Å². The lowest BCUT2D eigenvalue weighted by Crippen LogP contribution is -2.30. The van der Waals surface area contributed by atoms with Crippen LogP contribution in [0.2, 0.25) is 0 Å². The van der Waals surface area contributed by atoms with Crippen LogP contribution in [0.25, 0.3) is 0 Å². The molecule has 2 N–H and O–H groups in total. The van der Waals surface area contributed by atoms with E-state index >= 15 is 0 Å². The number of hydrogen-bond acceptors (Lipinski definition) is 4. The van der Waals surface area contributed by atoms with E-state index in [4.69, 9.17) is 0 Å². The lowest BCUT2D eigenvalue weighted by Gasteiger charge is -2.17. The van der Waals surface area contributed by atoms with Crippen molar-refractivity contribution < 1.29 is 4.79 Å². The van der Waals surface area contributed by atoms with Crippen molar-refractivity contribution >= 4 is 5.91 Å². The molecule has 0 fully saturated rings. The van der Waals surface area contributed by atoms with Gasteiger partial charge in [-0.05, 0) is 20.8 Å². The van der Waals surface area contributed by atoms with Gasteiger partial charge in [0.25, 0.3) is 0 Å². The fraction of sp³-hybridized carbons (Fsp3) is 0.727. The Morgan fingerprint density at radius 1 is 1.41 bits per heavy atom. The summed E-state index contributed by atoms with van der Waals surface area (Å²) in [5.74, 6) is -0.00882. The zero-order valence-electron chi connectivity index (χ0n) is 10.9. The van der Waals surface area contributed by atoms with E-state index in [0.29, 0.717) is 13.1 Å². The molecule has 6 nitrogen and oxygen atoms in total. The smallest absolute Gasteiger partial charge is 0.216 e. The van der Waals surface area contributed by atoms with Crippen molar-refractivity contribution in [1.29, 1.82) is 0 Å². The van der Waals surface area contributed by atoms with Gasteiger partial charge in [0.1, 0.15) is 0 Å². The average molecular weight is 239 g/mol. The molecule has 0 radical (unpaired) electrons. The van der Waals surface area contributed by atoms with Gasteiger partial charge in [0.05, 0.1) is 17.4 Å². The Morgan fingerprint density at radius 3 is 2.65 bits per heavy atom. The van der Waals surface area contributed by atoms with Crippen molar-refractivity contribution in [3.8, 4) is 0 Å². The second-order valence-corrected chi connectivity index (χ2v) is 4.99. The van der Waals surface area contributed by atoms with Crippen LogP contribution in [-0.4, -0.2) is 34.0 Å². The molecule has 0 aliphatic rings. The topological polar surface area (TPSA) is 71.8 Å². The Bertz CT molecular complexity index is 366. The highest BCUT2D eigenvalue weighted by Gasteiger charge is 2.14. The zero-order valence-corrected chi connectivity index (χ0v) is 10.9. The van der Waals surface area contributed by atoms with Gasteiger partial charge in [-0.1, -0.05) is 5.21 Å². The first-order valence-electron chi connectivity index (χ1n) is 5.76. The van der Waals surface area contributed by atoms with E-state index in [1.54, 1.807) is 0 Å². The van der Waals surface area contributed by atoms with Crippen molar-refractivity contribution in [3.05, 3.63) is 11.9 Å². The number of hydrogen-bond donors (Lipinski definition) is 2. The molecule has 0 unspecified atom stereocenters. The molecule has 1 heterocycles. The summed E-state index contributed by atoms with van der Waals surface area (Å²) in [5.41, 5.74) is 0.865. The van der Waals surface area contributed by atoms with Gasteiger partial charge in [-0.3, -0.25) is 4.79 Å². The highest BCUT2D eigenvalue weighted by atomic mass is 16.1. The highest BCUT2D eigenvalue weighted by molar-refractivity contribution is 5.72. The van der Waals surface area contributed by atoms with Crippen LogP contribution >= 0.6 is 0 Å². The summed E-state index contributed by atoms with van der Waals surface area (Å²) in [6.07, 6.45) is 1.94. The monoisotopic (exact) mass is 239 g/mol. The summed E-state index contributed by atoms with van der Waals surface area (Å²) in [4.78, 5) is 10.6. The number of nitrogens with zero attached hydrogens (tertiary/aromatic N) is 3. The fourth-order valence-electron chi connectivity index (χ4n) is 1.25. The zero-order chi connectivity index (χ0) is 12.9. The van der Waals surface area contributed by atoms with E-state index in [1.807, 2.05) is 10.9 Å². The predicted molar refractivity (Wildman–Crippen MR) is 65.4 cm³/mol. The fourth-order valence-corrected chi connectivity index (χ4v) is 1.25. The molecule has 0 aromatic carbocycles. The minimum absolute atomic E-state index is 0.00882. The molecule has 96 valence electrons. The van der Waals surface area contributed by atoms with Crippen LogP contribution in [0.1, 0.15) is 33.4 Å². The van der Waals surface area contributed by atoms with Crippen LogP contribution in [0.5, 0.6) is 0 Å². The molecular weight excluding hydrogens is 218 g/mol. The third-order valence-corrected chi connectivity index (χ3v) is 2.21. The molecule has 1 amide bonds. The number of aromatic nitrogens is 3. The van der Waals surface area contributed by atoms with Crippen molar-refractivity contribution in [3.63, 3.8) is 0 Å². The Kier molecular flexibility index (Phi) is 4.62. The van der Waals surface area contributed by atoms with E-state index in [9.17, 15) is 4.79 Å². The Balaban J connectivity index is 2.28. The Labute approximate surface area is 102 Å². The third-order valence-electron chi connectivity index (χ3n) is 2.21. The molecule has 0 saturated heterocycles. The number of carbonyl (C=O) groups is 1. The summed E-state index contributed by atoms with van der Waals surface area (Å²) in [6.45, 7) is 9.76. The molecule has 6 heteroatoms. The van der Waals surface area contributed by atoms with Gasteiger partial charge in [0.15, 0.2) is 0 Å². The molecular formula is C11H21N5O. The number of carbonyl (C=O) groups excluding carboxylic acids is 1. The van der Waals surface area contributed by atoms with Gasteiger partial charge in [-0.2, -0.15) is 0 Å². The molecule has 1 aromatic heterocycles. The molecule has 0 saturated carbocycles. The minimum Gasteiger partial charge on any atom is -0.355 e. The summed E-state index contributed by atoms with van der Waals surface area (Å²) in [5, 5.41) is 14.1. The summed E-state index contributed by atoms with van der Waals surface area (Å²) < 4.78 is 1.85. The van der Waals surface area contributed by atoms with Crippen molar-refractivity contribution in [2.45, 2.75) is 39.8 Å². The first kappa shape index (κ1) is 13.6. The number of amides is 1. The summed E-state index contributed by atoms with van der Waals surface area (Å²) in [7, 11) is 0. The van der Waals surface area contributed by atoms with Crippen molar-refractivity contribution in [2.75, 3.05) is 13.1 Å². The van der Waals surface area contributed by atoms with Gasteiger partial charge < -0.3 is 10.6 Å². The number of nitrogens with one attached hydrogen (secondary N) is 2. The first-order chi connectivity index (χ1) is 7.89. The van der Waals surface area contributed by atoms with E-state index in [2.05, 4.69) is 41.7 Å². The van der Waals surface area contributed by atoms with Crippen molar-refractivity contribution in [1.82, 2.24) is 25.6 Å². The van der Waals surface area contributed by atoms with Gasteiger partial charge >= 0.3 is 0 Å². The van der Waals surface area contributed by atoms with Gasteiger partial charge in [-0.25, -0.2) is 4.68 Å². The maximum atomic E-state index is 10.6. The second kappa shape index (κ2) is 5.77. The molecule has 1 rings (SSSR count). The second-order valence-electron chi connectivity index (χ2n) is 4.99. The average Bonchev–Trinajstić information content (AvgIpc) is 2.64. The molecule has 17 heavy (non-hydrogen) atoms. The Morgan fingerprint density at radius 2 is 2.12 bits per heavy atom. The number of rotatable bonds is 5. The standard InChI is InChI=1S/C11H21N5O/c1-9(17)13-6-5-12-7-10-8-16(15-14-10)11(2,3)4/h8,12H,5-7H2,1-4H3,(H,13,17). The van der Waals surface area contributed by atoms with Gasteiger partial charge in [-0.15, -0.1) is 5.10 Å².